The van der Waals surface area contributed by atoms with Gasteiger partial charge in [0.15, 0.2) is 0 Å². The number of nitrogens with zero attached hydrogens (tertiary/aromatic N) is 1. The van der Waals surface area contributed by atoms with Gasteiger partial charge in [0, 0.05) is 6.42 Å². The van der Waals surface area contributed by atoms with Gasteiger partial charge in [0.2, 0.25) is 0 Å². The molecule has 1 heterocycles. The van der Waals surface area contributed by atoms with Crippen LogP contribution >= 0.6 is 0 Å². The summed E-state index contributed by atoms with van der Waals surface area (Å²) in [6.07, 6.45) is -0.367. The average molecular weight is 287 g/mol. The molecule has 1 atom stereocenters. The fourth-order valence-electron chi connectivity index (χ4n) is 1.26. The summed E-state index contributed by atoms with van der Waals surface area (Å²) >= 11 is 0. The molecular weight excluding hydrogens is 277 g/mol. The molecule has 0 N–H and O–H groups in total. The topological polar surface area (TPSA) is 121 Å². The standard InChI is InChI=1S/C8H11NO7S.Na/c1-2-3-7(11)16-9-6(10)4-5(8(9)12)17(13,14)15;/h5H,2-4H2,1H3,(H,13,14,15);/q;+1/p-1. The molecule has 2 amide bonds. The van der Waals surface area contributed by atoms with Crippen molar-refractivity contribution in [3.8, 4) is 0 Å². The maximum Gasteiger partial charge on any atom is 1.00 e. The van der Waals surface area contributed by atoms with Gasteiger partial charge in [-0.05, 0) is 6.42 Å². The van der Waals surface area contributed by atoms with Crippen LogP contribution in [0.4, 0.5) is 0 Å². The third-order valence-electron chi connectivity index (χ3n) is 2.06. The van der Waals surface area contributed by atoms with Crippen LogP contribution in [0.15, 0.2) is 0 Å². The summed E-state index contributed by atoms with van der Waals surface area (Å²) < 4.78 is 32.0. The first kappa shape index (κ1) is 17.5. The maximum atomic E-state index is 11.4. The predicted molar refractivity (Wildman–Crippen MR) is 51.0 cm³/mol. The van der Waals surface area contributed by atoms with E-state index >= 15 is 0 Å². The van der Waals surface area contributed by atoms with Crippen molar-refractivity contribution in [2.75, 3.05) is 0 Å². The number of hydrogen-bond donors (Lipinski definition) is 0. The van der Waals surface area contributed by atoms with Crippen LogP contribution in [0, 0.1) is 0 Å². The normalized spacial score (nSPS) is 19.7. The predicted octanol–water partition coefficient (Wildman–Crippen LogP) is -4.08. The Labute approximate surface area is 126 Å². The molecule has 0 bridgehead atoms. The Balaban J connectivity index is 0.00000289. The van der Waals surface area contributed by atoms with E-state index in [-0.39, 0.29) is 41.0 Å². The van der Waals surface area contributed by atoms with E-state index in [1.807, 2.05) is 0 Å². The van der Waals surface area contributed by atoms with Crippen LogP contribution in [0.3, 0.4) is 0 Å². The SMILES string of the molecule is CCCC(=O)ON1C(=O)CC(S(=O)(=O)[O-])C1=O.[Na+]. The molecule has 0 radical (unpaired) electrons. The van der Waals surface area contributed by atoms with Gasteiger partial charge in [-0.3, -0.25) is 9.59 Å². The van der Waals surface area contributed by atoms with Crippen molar-refractivity contribution in [1.29, 1.82) is 0 Å². The van der Waals surface area contributed by atoms with E-state index in [1.165, 1.54) is 0 Å². The second-order valence-corrected chi connectivity index (χ2v) is 4.98. The molecule has 0 aliphatic carbocycles. The summed E-state index contributed by atoms with van der Waals surface area (Å²) in [5, 5.41) is -1.94. The average Bonchev–Trinajstić information content (AvgIpc) is 2.45. The second kappa shape index (κ2) is 6.62. The van der Waals surface area contributed by atoms with E-state index in [4.69, 9.17) is 0 Å². The van der Waals surface area contributed by atoms with Gasteiger partial charge in [-0.2, -0.15) is 0 Å². The van der Waals surface area contributed by atoms with Crippen molar-refractivity contribution in [2.45, 2.75) is 31.4 Å². The molecule has 1 aliphatic rings. The Hall–Kier alpha value is -0.480. The molecule has 18 heavy (non-hydrogen) atoms. The molecule has 1 saturated heterocycles. The van der Waals surface area contributed by atoms with Gasteiger partial charge >= 0.3 is 35.5 Å². The van der Waals surface area contributed by atoms with Gasteiger partial charge < -0.3 is 9.39 Å². The van der Waals surface area contributed by atoms with Crippen molar-refractivity contribution in [1.82, 2.24) is 5.06 Å². The third-order valence-corrected chi connectivity index (χ3v) is 3.12. The Bertz CT molecular complexity index is 460. The Kier molecular flexibility index (Phi) is 6.44. The molecule has 0 saturated carbocycles. The maximum absolute atomic E-state index is 11.4. The van der Waals surface area contributed by atoms with E-state index < -0.39 is 39.6 Å². The van der Waals surface area contributed by atoms with Crippen molar-refractivity contribution in [3.05, 3.63) is 0 Å². The van der Waals surface area contributed by atoms with Crippen LogP contribution < -0.4 is 29.6 Å². The number of hydrogen-bond acceptors (Lipinski definition) is 7. The molecule has 1 fully saturated rings. The number of hydroxylamine groups is 2. The zero-order chi connectivity index (χ0) is 13.2. The van der Waals surface area contributed by atoms with E-state index in [1.54, 1.807) is 6.92 Å². The third kappa shape index (κ3) is 4.02. The van der Waals surface area contributed by atoms with Crippen LogP contribution in [0.2, 0.25) is 0 Å². The first-order valence-corrected chi connectivity index (χ1v) is 6.26. The summed E-state index contributed by atoms with van der Waals surface area (Å²) in [7, 11) is -4.92. The minimum Gasteiger partial charge on any atom is -0.747 e. The van der Waals surface area contributed by atoms with Gasteiger partial charge in [0.25, 0.3) is 11.8 Å². The molecule has 1 rings (SSSR count). The van der Waals surface area contributed by atoms with Crippen molar-refractivity contribution in [2.24, 2.45) is 0 Å². The summed E-state index contributed by atoms with van der Waals surface area (Å²) in [4.78, 5) is 38.0. The molecule has 1 unspecified atom stereocenters. The Morgan fingerprint density at radius 2 is 2.06 bits per heavy atom. The zero-order valence-corrected chi connectivity index (χ0v) is 12.7. The fraction of sp³-hybridized carbons (Fsp3) is 0.625. The minimum absolute atomic E-state index is 0. The van der Waals surface area contributed by atoms with E-state index in [0.29, 0.717) is 6.42 Å². The van der Waals surface area contributed by atoms with Gasteiger partial charge in [-0.1, -0.05) is 6.92 Å². The second-order valence-electron chi connectivity index (χ2n) is 3.43. The van der Waals surface area contributed by atoms with Crippen LogP contribution in [0.25, 0.3) is 0 Å². The Morgan fingerprint density at radius 3 is 2.44 bits per heavy atom. The van der Waals surface area contributed by atoms with Crippen molar-refractivity contribution in [3.63, 3.8) is 0 Å². The number of imide groups is 1. The zero-order valence-electron chi connectivity index (χ0n) is 9.91. The fourth-order valence-corrected chi connectivity index (χ4v) is 1.94. The molecular formula is C8H10NNaO7S. The Morgan fingerprint density at radius 1 is 1.50 bits per heavy atom. The largest absolute Gasteiger partial charge is 1.00 e. The first-order valence-electron chi connectivity index (χ1n) is 4.79. The smallest absolute Gasteiger partial charge is 0.747 e. The van der Waals surface area contributed by atoms with Crippen LogP contribution in [-0.2, 0) is 29.3 Å². The summed E-state index contributed by atoms with van der Waals surface area (Å²) in [5.41, 5.74) is 0. The molecule has 0 aromatic heterocycles. The summed E-state index contributed by atoms with van der Waals surface area (Å²) in [6, 6.07) is 0. The molecule has 8 nitrogen and oxygen atoms in total. The van der Waals surface area contributed by atoms with Gasteiger partial charge in [-0.25, -0.2) is 13.2 Å². The van der Waals surface area contributed by atoms with E-state index in [9.17, 15) is 27.4 Å². The molecule has 0 spiro atoms. The summed E-state index contributed by atoms with van der Waals surface area (Å²) in [5.74, 6) is -3.16. The van der Waals surface area contributed by atoms with E-state index in [0.717, 1.165) is 0 Å². The number of amides is 2. The minimum atomic E-state index is -4.92. The molecule has 10 heteroatoms. The molecule has 96 valence electrons. The molecule has 0 aromatic rings. The van der Waals surface area contributed by atoms with E-state index in [2.05, 4.69) is 4.84 Å². The van der Waals surface area contributed by atoms with Crippen LogP contribution in [0.5, 0.6) is 0 Å². The first-order chi connectivity index (χ1) is 7.77. The number of carbonyl (C=O) groups excluding carboxylic acids is 3. The van der Waals surface area contributed by atoms with Gasteiger partial charge in [0.1, 0.15) is 15.4 Å². The molecule has 1 aliphatic heterocycles. The monoisotopic (exact) mass is 287 g/mol. The van der Waals surface area contributed by atoms with Gasteiger partial charge in [0.05, 0.1) is 6.42 Å². The summed E-state index contributed by atoms with van der Waals surface area (Å²) in [6.45, 7) is 1.68. The van der Waals surface area contributed by atoms with Crippen LogP contribution in [-0.4, -0.2) is 41.1 Å². The van der Waals surface area contributed by atoms with Crippen LogP contribution in [0.1, 0.15) is 26.2 Å². The molecule has 0 aromatic carbocycles. The van der Waals surface area contributed by atoms with Crippen molar-refractivity contribution >= 4 is 27.9 Å². The quantitative estimate of drug-likeness (QED) is 0.293. The number of rotatable bonds is 4. The van der Waals surface area contributed by atoms with Gasteiger partial charge in [-0.15, -0.1) is 5.06 Å². The number of carbonyl (C=O) groups is 3. The van der Waals surface area contributed by atoms with Crippen molar-refractivity contribution < 1.29 is 61.7 Å².